The molecule has 1 aliphatic rings. The fourth-order valence-corrected chi connectivity index (χ4v) is 4.57. The van der Waals surface area contributed by atoms with E-state index < -0.39 is 0 Å². The van der Waals surface area contributed by atoms with Gasteiger partial charge in [0, 0.05) is 12.7 Å². The van der Waals surface area contributed by atoms with Crippen LogP contribution in [0.2, 0.25) is 0 Å². The number of anilines is 1. The van der Waals surface area contributed by atoms with E-state index in [0.717, 1.165) is 16.7 Å². The first-order valence-corrected chi connectivity index (χ1v) is 11.3. The Balaban J connectivity index is 1.74. The van der Waals surface area contributed by atoms with Crippen LogP contribution in [0.1, 0.15) is 22.3 Å². The second-order valence-electron chi connectivity index (χ2n) is 7.54. The molecule has 1 fully saturated rings. The number of amides is 1. The van der Waals surface area contributed by atoms with Crippen LogP contribution in [0, 0.1) is 13.8 Å². The van der Waals surface area contributed by atoms with Gasteiger partial charge in [-0.05, 0) is 37.1 Å². The van der Waals surface area contributed by atoms with Gasteiger partial charge >= 0.3 is 0 Å². The lowest BCUT2D eigenvalue weighted by molar-refractivity contribution is -0.122. The van der Waals surface area contributed by atoms with Crippen LogP contribution in [-0.2, 0) is 11.3 Å². The number of thioether (sulfide) groups is 1. The van der Waals surface area contributed by atoms with Crippen molar-refractivity contribution in [1.29, 1.82) is 0 Å². The first kappa shape index (κ1) is 22.0. The summed E-state index contributed by atoms with van der Waals surface area (Å²) in [5, 5.41) is 3.11. The molecule has 1 N–H and O–H groups in total. The van der Waals surface area contributed by atoms with Crippen molar-refractivity contribution in [2.75, 3.05) is 11.9 Å². The van der Waals surface area contributed by atoms with Crippen LogP contribution in [0.3, 0.4) is 0 Å². The fourth-order valence-electron chi connectivity index (χ4n) is 3.34. The van der Waals surface area contributed by atoms with Crippen LogP contribution in [0.4, 0.5) is 5.82 Å². The Kier molecular flexibility index (Phi) is 6.25. The van der Waals surface area contributed by atoms with Crippen molar-refractivity contribution in [2.24, 2.45) is 0 Å². The van der Waals surface area contributed by atoms with Gasteiger partial charge in [0.2, 0.25) is 0 Å². The number of hydrogen-bond donors (Lipinski definition) is 1. The summed E-state index contributed by atoms with van der Waals surface area (Å²) in [5.41, 5.74) is 3.65. The molecule has 0 bridgehead atoms. The van der Waals surface area contributed by atoms with Gasteiger partial charge in [0.25, 0.3) is 11.5 Å². The molecular formula is C24H22N4O2S2. The van der Waals surface area contributed by atoms with Crippen LogP contribution in [0.5, 0.6) is 0 Å². The maximum absolute atomic E-state index is 13.3. The summed E-state index contributed by atoms with van der Waals surface area (Å²) in [6.07, 6.45) is 5.01. The van der Waals surface area contributed by atoms with E-state index in [1.54, 1.807) is 29.3 Å². The van der Waals surface area contributed by atoms with E-state index in [2.05, 4.69) is 16.9 Å². The number of benzene rings is 1. The molecule has 0 spiro atoms. The smallest absolute Gasteiger partial charge is 0.267 e. The molecule has 1 saturated heterocycles. The summed E-state index contributed by atoms with van der Waals surface area (Å²) in [6, 6.07) is 11.7. The maximum Gasteiger partial charge on any atom is 0.267 e. The number of thiocarbonyl (C=S) groups is 1. The summed E-state index contributed by atoms with van der Waals surface area (Å²) < 4.78 is 1.96. The zero-order chi connectivity index (χ0) is 22.8. The fraction of sp³-hybridized carbons (Fsp3) is 0.167. The molecule has 0 unspecified atom stereocenters. The van der Waals surface area contributed by atoms with E-state index in [0.29, 0.717) is 39.3 Å². The number of nitrogens with one attached hydrogen (secondary N) is 1. The molecule has 4 rings (SSSR count). The Hall–Kier alpha value is -3.23. The van der Waals surface area contributed by atoms with Gasteiger partial charge in [0.1, 0.15) is 15.8 Å². The van der Waals surface area contributed by atoms with Crippen LogP contribution in [-0.4, -0.2) is 31.1 Å². The molecule has 1 amide bonds. The second-order valence-corrected chi connectivity index (χ2v) is 9.21. The number of aryl methyl sites for hydroxylation is 2. The van der Waals surface area contributed by atoms with Gasteiger partial charge in [-0.1, -0.05) is 66.0 Å². The predicted octanol–water partition coefficient (Wildman–Crippen LogP) is 4.31. The molecule has 8 heteroatoms. The van der Waals surface area contributed by atoms with Crippen LogP contribution in [0.15, 0.2) is 64.9 Å². The van der Waals surface area contributed by atoms with Gasteiger partial charge in [-0.25, -0.2) is 4.98 Å². The SMILES string of the molecule is C=CCNc1nc2ccc(C)cn2c(=O)c1C=C1SC(=S)N(Cc2ccc(C)cc2)C1=O. The third kappa shape index (κ3) is 4.37. The molecule has 1 aliphatic heterocycles. The summed E-state index contributed by atoms with van der Waals surface area (Å²) in [7, 11) is 0. The minimum Gasteiger partial charge on any atom is -0.366 e. The van der Waals surface area contributed by atoms with Gasteiger partial charge in [-0.3, -0.25) is 18.9 Å². The summed E-state index contributed by atoms with van der Waals surface area (Å²) >= 11 is 6.66. The molecule has 0 saturated carbocycles. The lowest BCUT2D eigenvalue weighted by Crippen LogP contribution is -2.27. The van der Waals surface area contributed by atoms with Crippen molar-refractivity contribution in [3.8, 4) is 0 Å². The second kappa shape index (κ2) is 9.10. The molecule has 0 radical (unpaired) electrons. The van der Waals surface area contributed by atoms with Crippen LogP contribution < -0.4 is 10.9 Å². The minimum atomic E-state index is -0.255. The Bertz CT molecular complexity index is 1330. The molecular weight excluding hydrogens is 440 g/mol. The van der Waals surface area contributed by atoms with E-state index in [1.165, 1.54) is 16.2 Å². The van der Waals surface area contributed by atoms with Crippen molar-refractivity contribution in [3.63, 3.8) is 0 Å². The van der Waals surface area contributed by atoms with Gasteiger partial charge in [-0.15, -0.1) is 6.58 Å². The number of hydrogen-bond acceptors (Lipinski definition) is 6. The maximum atomic E-state index is 13.3. The molecule has 3 aromatic rings. The van der Waals surface area contributed by atoms with Gasteiger partial charge in [0.15, 0.2) is 0 Å². The topological polar surface area (TPSA) is 66.7 Å². The summed E-state index contributed by atoms with van der Waals surface area (Å²) in [4.78, 5) is 33.0. The number of aromatic nitrogens is 2. The molecule has 6 nitrogen and oxygen atoms in total. The van der Waals surface area contributed by atoms with Gasteiger partial charge in [-0.2, -0.15) is 0 Å². The Morgan fingerprint density at radius 3 is 2.56 bits per heavy atom. The Morgan fingerprint density at radius 2 is 1.84 bits per heavy atom. The Labute approximate surface area is 195 Å². The van der Waals surface area contributed by atoms with Crippen molar-refractivity contribution in [1.82, 2.24) is 14.3 Å². The van der Waals surface area contributed by atoms with Crippen molar-refractivity contribution >= 4 is 51.7 Å². The lowest BCUT2D eigenvalue weighted by atomic mass is 10.1. The average Bonchev–Trinajstić information content (AvgIpc) is 3.03. The monoisotopic (exact) mass is 462 g/mol. The standard InChI is InChI=1S/C24H22N4O2S2/c1-4-11-25-21-18(22(29)27-13-16(3)7-10-20(27)26-21)12-19-23(30)28(24(31)32-19)14-17-8-5-15(2)6-9-17/h4-10,12-13,25H,1,11,14H2,2-3H3. The third-order valence-electron chi connectivity index (χ3n) is 5.03. The highest BCUT2D eigenvalue weighted by Crippen LogP contribution is 2.34. The zero-order valence-corrected chi connectivity index (χ0v) is 19.4. The van der Waals surface area contributed by atoms with Crippen molar-refractivity contribution in [2.45, 2.75) is 20.4 Å². The lowest BCUT2D eigenvalue weighted by Gasteiger charge is -2.14. The van der Waals surface area contributed by atoms with E-state index in [-0.39, 0.29) is 11.5 Å². The van der Waals surface area contributed by atoms with Crippen molar-refractivity contribution in [3.05, 3.63) is 92.8 Å². The normalized spacial score (nSPS) is 15.1. The van der Waals surface area contributed by atoms with E-state index in [4.69, 9.17) is 12.2 Å². The summed E-state index contributed by atoms with van der Waals surface area (Å²) in [5.74, 6) is 0.187. The van der Waals surface area contributed by atoms with E-state index in [1.807, 2.05) is 44.2 Å². The summed E-state index contributed by atoms with van der Waals surface area (Å²) in [6.45, 7) is 8.46. The number of carbonyl (C=O) groups excluding carboxylic acids is 1. The van der Waals surface area contributed by atoms with Crippen molar-refractivity contribution < 1.29 is 4.79 Å². The van der Waals surface area contributed by atoms with Gasteiger partial charge < -0.3 is 5.32 Å². The molecule has 1 aromatic carbocycles. The predicted molar refractivity (Wildman–Crippen MR) is 135 cm³/mol. The number of pyridine rings is 1. The largest absolute Gasteiger partial charge is 0.366 e. The first-order chi connectivity index (χ1) is 15.4. The highest BCUT2D eigenvalue weighted by atomic mass is 32.2. The average molecular weight is 463 g/mol. The first-order valence-electron chi connectivity index (χ1n) is 10.1. The van der Waals surface area contributed by atoms with E-state index >= 15 is 0 Å². The molecule has 3 heterocycles. The molecule has 0 aliphatic carbocycles. The Morgan fingerprint density at radius 1 is 1.12 bits per heavy atom. The third-order valence-corrected chi connectivity index (χ3v) is 6.41. The molecule has 32 heavy (non-hydrogen) atoms. The van der Waals surface area contributed by atoms with Crippen LogP contribution >= 0.6 is 24.0 Å². The number of nitrogens with zero attached hydrogens (tertiary/aromatic N) is 3. The van der Waals surface area contributed by atoms with Gasteiger partial charge in [0.05, 0.1) is 17.0 Å². The number of rotatable bonds is 6. The molecule has 0 atom stereocenters. The number of fused-ring (bicyclic) bond motifs is 1. The highest BCUT2D eigenvalue weighted by molar-refractivity contribution is 8.26. The van der Waals surface area contributed by atoms with E-state index in [9.17, 15) is 9.59 Å². The highest BCUT2D eigenvalue weighted by Gasteiger charge is 2.32. The minimum absolute atomic E-state index is 0.219. The van der Waals surface area contributed by atoms with Crippen LogP contribution in [0.25, 0.3) is 11.7 Å². The number of carbonyl (C=O) groups is 1. The molecule has 162 valence electrons. The quantitative estimate of drug-likeness (QED) is 0.335. The molecule has 2 aromatic heterocycles. The zero-order valence-electron chi connectivity index (χ0n) is 17.8.